The Morgan fingerprint density at radius 2 is 2.05 bits per heavy atom. The highest BCUT2D eigenvalue weighted by molar-refractivity contribution is 7.89. The van der Waals surface area contributed by atoms with Crippen LogP contribution >= 0.6 is 0 Å². The van der Waals surface area contributed by atoms with Gasteiger partial charge in [0.1, 0.15) is 11.6 Å². The molecule has 0 aliphatic rings. The third kappa shape index (κ3) is 4.35. The maximum atomic E-state index is 12.1. The molecule has 7 nitrogen and oxygen atoms in total. The number of rotatable bonds is 7. The van der Waals surface area contributed by atoms with Gasteiger partial charge in [-0.05, 0) is 31.7 Å². The van der Waals surface area contributed by atoms with Crippen LogP contribution in [0.1, 0.15) is 24.2 Å². The molecule has 114 valence electrons. The van der Waals surface area contributed by atoms with E-state index in [1.807, 2.05) is 6.92 Å². The van der Waals surface area contributed by atoms with Crippen molar-refractivity contribution in [3.8, 4) is 0 Å². The normalized spacial score (nSPS) is 11.7. The molecule has 2 rings (SSSR count). The molecule has 0 radical (unpaired) electrons. The quantitative estimate of drug-likeness (QED) is 0.791. The molecule has 0 saturated heterocycles. The predicted molar refractivity (Wildman–Crippen MR) is 76.9 cm³/mol. The van der Waals surface area contributed by atoms with Crippen LogP contribution in [-0.2, 0) is 23.1 Å². The zero-order valence-corrected chi connectivity index (χ0v) is 12.8. The molecule has 0 aliphatic heterocycles. The van der Waals surface area contributed by atoms with Crippen LogP contribution in [0.15, 0.2) is 33.9 Å². The minimum atomic E-state index is -3.68. The van der Waals surface area contributed by atoms with Crippen LogP contribution in [0.25, 0.3) is 0 Å². The molecule has 0 spiro atoms. The fraction of sp³-hybridized carbons (Fsp3) is 0.385. The second kappa shape index (κ2) is 6.79. The number of aryl methyl sites for hydroxylation is 1. The first kappa shape index (κ1) is 15.6. The van der Waals surface area contributed by atoms with Crippen LogP contribution in [-0.4, -0.2) is 24.9 Å². The van der Waals surface area contributed by atoms with Crippen LogP contribution in [0.4, 0.5) is 0 Å². The lowest BCUT2D eigenvalue weighted by atomic mass is 10.4. The third-order valence-corrected chi connectivity index (χ3v) is 4.00. The topological polar surface area (TPSA) is 97.1 Å². The Morgan fingerprint density at radius 1 is 1.24 bits per heavy atom. The Labute approximate surface area is 123 Å². The number of hydrogen-bond acceptors (Lipinski definition) is 6. The Bertz CT molecular complexity index is 697. The summed E-state index contributed by atoms with van der Waals surface area (Å²) in [7, 11) is -3.68. The van der Waals surface area contributed by atoms with Crippen LogP contribution < -0.4 is 10.0 Å². The van der Waals surface area contributed by atoms with Crippen molar-refractivity contribution in [1.82, 2.24) is 20.0 Å². The number of hydrogen-bond donors (Lipinski definition) is 2. The fourth-order valence-corrected chi connectivity index (χ4v) is 2.63. The van der Waals surface area contributed by atoms with E-state index < -0.39 is 10.0 Å². The van der Waals surface area contributed by atoms with E-state index in [0.717, 1.165) is 6.54 Å². The maximum absolute atomic E-state index is 12.1. The van der Waals surface area contributed by atoms with E-state index >= 15 is 0 Å². The summed E-state index contributed by atoms with van der Waals surface area (Å²) < 4.78 is 32.0. The molecular weight excluding hydrogens is 292 g/mol. The first-order valence-electron chi connectivity index (χ1n) is 6.59. The van der Waals surface area contributed by atoms with Crippen LogP contribution in [0.2, 0.25) is 0 Å². The number of furan rings is 1. The molecule has 0 unspecified atom stereocenters. The van der Waals surface area contributed by atoms with Gasteiger partial charge in [0.2, 0.25) is 5.09 Å². The van der Waals surface area contributed by atoms with Crippen molar-refractivity contribution in [1.29, 1.82) is 0 Å². The van der Waals surface area contributed by atoms with Crippen molar-refractivity contribution in [2.75, 3.05) is 6.54 Å². The summed E-state index contributed by atoms with van der Waals surface area (Å²) in [6.45, 7) is 5.09. The summed E-state index contributed by atoms with van der Waals surface area (Å²) in [4.78, 5) is 8.10. The van der Waals surface area contributed by atoms with Gasteiger partial charge >= 0.3 is 0 Å². The van der Waals surface area contributed by atoms with Gasteiger partial charge < -0.3 is 9.73 Å². The highest BCUT2D eigenvalue weighted by Gasteiger charge is 2.18. The van der Waals surface area contributed by atoms with Crippen molar-refractivity contribution in [2.24, 2.45) is 0 Å². The van der Waals surface area contributed by atoms with E-state index in [1.165, 1.54) is 6.07 Å². The molecule has 2 heterocycles. The molecule has 0 bridgehead atoms. The molecule has 0 atom stereocenters. The van der Waals surface area contributed by atoms with E-state index in [2.05, 4.69) is 20.0 Å². The predicted octanol–water partition coefficient (Wildman–Crippen LogP) is 0.966. The summed E-state index contributed by atoms with van der Waals surface area (Å²) in [6, 6.07) is 4.75. The Kier molecular flexibility index (Phi) is 5.05. The third-order valence-electron chi connectivity index (χ3n) is 2.73. The zero-order chi connectivity index (χ0) is 15.3. The summed E-state index contributed by atoms with van der Waals surface area (Å²) in [6.07, 6.45) is 1.59. The summed E-state index contributed by atoms with van der Waals surface area (Å²) in [5, 5.41) is 2.97. The highest BCUT2D eigenvalue weighted by atomic mass is 32.2. The average molecular weight is 310 g/mol. The fourth-order valence-electron chi connectivity index (χ4n) is 1.69. The minimum absolute atomic E-state index is 0.0922. The lowest BCUT2D eigenvalue weighted by Crippen LogP contribution is -2.23. The Hall–Kier alpha value is -1.77. The Balaban J connectivity index is 2.02. The van der Waals surface area contributed by atoms with Gasteiger partial charge in [-0.1, -0.05) is 6.92 Å². The summed E-state index contributed by atoms with van der Waals surface area (Å²) >= 11 is 0. The van der Waals surface area contributed by atoms with Crippen molar-refractivity contribution in [3.63, 3.8) is 0 Å². The number of nitrogens with one attached hydrogen (secondary N) is 2. The lowest BCUT2D eigenvalue weighted by molar-refractivity contribution is 0.401. The van der Waals surface area contributed by atoms with Crippen molar-refractivity contribution in [3.05, 3.63) is 41.7 Å². The smallest absolute Gasteiger partial charge is 0.274 e. The monoisotopic (exact) mass is 310 g/mol. The van der Waals surface area contributed by atoms with Crippen LogP contribution in [0.3, 0.4) is 0 Å². The summed E-state index contributed by atoms with van der Waals surface area (Å²) in [5.74, 6) is 1.17. The van der Waals surface area contributed by atoms with Gasteiger partial charge in [0.05, 0.1) is 18.8 Å². The van der Waals surface area contributed by atoms with Gasteiger partial charge in [-0.2, -0.15) is 0 Å². The first-order chi connectivity index (χ1) is 10.0. The van der Waals surface area contributed by atoms with Gasteiger partial charge in [-0.15, -0.1) is 0 Å². The molecular formula is C13H18N4O3S. The van der Waals surface area contributed by atoms with E-state index in [1.54, 1.807) is 25.3 Å². The second-order valence-electron chi connectivity index (χ2n) is 4.42. The standard InChI is InChI=1S/C13H18N4O3S/c1-3-14-9-12-4-5-13(20-12)21(18,19)16-8-11-6-7-15-10(2)17-11/h4-7,14,16H,3,8-9H2,1-2H3. The first-order valence-corrected chi connectivity index (χ1v) is 8.07. The van der Waals surface area contributed by atoms with Gasteiger partial charge in [-0.25, -0.2) is 23.1 Å². The highest BCUT2D eigenvalue weighted by Crippen LogP contribution is 2.14. The van der Waals surface area contributed by atoms with Gasteiger partial charge in [0.25, 0.3) is 10.0 Å². The molecule has 8 heteroatoms. The molecule has 2 aromatic rings. The molecule has 21 heavy (non-hydrogen) atoms. The molecule has 2 aromatic heterocycles. The van der Waals surface area contributed by atoms with Gasteiger partial charge in [0, 0.05) is 6.20 Å². The van der Waals surface area contributed by atoms with E-state index in [9.17, 15) is 8.42 Å². The zero-order valence-electron chi connectivity index (χ0n) is 12.0. The number of aromatic nitrogens is 2. The van der Waals surface area contributed by atoms with E-state index in [4.69, 9.17) is 4.42 Å². The lowest BCUT2D eigenvalue weighted by Gasteiger charge is -2.04. The van der Waals surface area contributed by atoms with Crippen molar-refractivity contribution in [2.45, 2.75) is 32.0 Å². The molecule has 0 aromatic carbocycles. The van der Waals surface area contributed by atoms with Crippen molar-refractivity contribution >= 4 is 10.0 Å². The largest absolute Gasteiger partial charge is 0.447 e. The minimum Gasteiger partial charge on any atom is -0.447 e. The maximum Gasteiger partial charge on any atom is 0.274 e. The van der Waals surface area contributed by atoms with Crippen molar-refractivity contribution < 1.29 is 12.8 Å². The molecule has 2 N–H and O–H groups in total. The van der Waals surface area contributed by atoms with E-state index in [0.29, 0.717) is 23.8 Å². The van der Waals surface area contributed by atoms with Gasteiger partial charge in [0.15, 0.2) is 0 Å². The SMILES string of the molecule is CCNCc1ccc(S(=O)(=O)NCc2ccnc(C)n2)o1. The second-order valence-corrected chi connectivity index (χ2v) is 6.12. The molecule has 0 saturated carbocycles. The molecule has 0 fully saturated rings. The average Bonchev–Trinajstić information content (AvgIpc) is 2.93. The van der Waals surface area contributed by atoms with Crippen LogP contribution in [0.5, 0.6) is 0 Å². The van der Waals surface area contributed by atoms with E-state index in [-0.39, 0.29) is 11.6 Å². The molecule has 0 aliphatic carbocycles. The summed E-state index contributed by atoms with van der Waals surface area (Å²) in [5.41, 5.74) is 0.602. The Morgan fingerprint density at radius 3 is 2.76 bits per heavy atom. The molecule has 0 amide bonds. The number of nitrogens with zero attached hydrogens (tertiary/aromatic N) is 2. The van der Waals surface area contributed by atoms with Gasteiger partial charge in [-0.3, -0.25) is 0 Å². The number of sulfonamides is 1. The van der Waals surface area contributed by atoms with Crippen LogP contribution in [0, 0.1) is 6.92 Å².